The molecule has 9 heteroatoms. The number of hydrogen-bond acceptors (Lipinski definition) is 8. The van der Waals surface area contributed by atoms with Gasteiger partial charge >= 0.3 is 0 Å². The summed E-state index contributed by atoms with van der Waals surface area (Å²) in [5.41, 5.74) is 2.38. The number of thioether (sulfide) groups is 1. The zero-order chi connectivity index (χ0) is 18.1. The van der Waals surface area contributed by atoms with Crippen molar-refractivity contribution in [3.8, 4) is 17.1 Å². The topological polar surface area (TPSA) is 103 Å². The molecule has 0 fully saturated rings. The van der Waals surface area contributed by atoms with Crippen molar-refractivity contribution < 1.29 is 9.66 Å². The molecule has 1 aliphatic rings. The van der Waals surface area contributed by atoms with Crippen LogP contribution in [0.4, 0.5) is 11.4 Å². The fourth-order valence-electron chi connectivity index (χ4n) is 2.75. The quantitative estimate of drug-likeness (QED) is 0.425. The Hall–Kier alpha value is -3.20. The number of nitro benzene ring substituents is 1. The molecule has 2 heterocycles. The maximum absolute atomic E-state index is 11.4. The van der Waals surface area contributed by atoms with Crippen LogP contribution in [0.25, 0.3) is 11.3 Å². The van der Waals surface area contributed by atoms with Gasteiger partial charge < -0.3 is 10.1 Å². The molecule has 4 rings (SSSR count). The predicted molar refractivity (Wildman–Crippen MR) is 97.1 cm³/mol. The minimum atomic E-state index is -0.787. The molecule has 0 radical (unpaired) electrons. The first kappa shape index (κ1) is 16.3. The average Bonchev–Trinajstić information content (AvgIpc) is 2.84. The Bertz CT molecular complexity index is 998. The number of hydrogen-bond donors (Lipinski definition) is 1. The third kappa shape index (κ3) is 2.82. The molecule has 1 aromatic heterocycles. The van der Waals surface area contributed by atoms with Crippen LogP contribution in [0.15, 0.2) is 53.7 Å². The van der Waals surface area contributed by atoms with Gasteiger partial charge in [0, 0.05) is 17.3 Å². The smallest absolute Gasteiger partial charge is 0.278 e. The van der Waals surface area contributed by atoms with Crippen LogP contribution >= 0.6 is 11.8 Å². The minimum Gasteiger partial charge on any atom is -0.447 e. The Labute approximate surface area is 152 Å². The number of nitrogens with zero attached hydrogens (tertiary/aromatic N) is 4. The molecule has 1 N–H and O–H groups in total. The molecule has 130 valence electrons. The van der Waals surface area contributed by atoms with E-state index in [1.165, 1.54) is 17.8 Å². The van der Waals surface area contributed by atoms with Crippen LogP contribution in [0, 0.1) is 10.1 Å². The zero-order valence-corrected chi connectivity index (χ0v) is 14.4. The molecule has 1 aliphatic heterocycles. The second kappa shape index (κ2) is 6.60. The van der Waals surface area contributed by atoms with E-state index in [1.807, 2.05) is 30.5 Å². The SMILES string of the molecule is CSc1nnc2c(n1)O[C@@H](c1ccccc1[N+](=O)[O-])Nc1ccccc1-2. The molecular weight excluding hydrogens is 354 g/mol. The van der Waals surface area contributed by atoms with Crippen LogP contribution < -0.4 is 10.1 Å². The van der Waals surface area contributed by atoms with Gasteiger partial charge in [0.05, 0.1) is 10.5 Å². The summed E-state index contributed by atoms with van der Waals surface area (Å²) >= 11 is 1.34. The molecule has 1 atom stereocenters. The molecule has 0 saturated carbocycles. The first-order valence-corrected chi connectivity index (χ1v) is 8.94. The van der Waals surface area contributed by atoms with E-state index in [9.17, 15) is 10.1 Å². The van der Waals surface area contributed by atoms with E-state index in [0.29, 0.717) is 16.4 Å². The second-order valence-electron chi connectivity index (χ2n) is 5.46. The van der Waals surface area contributed by atoms with E-state index in [-0.39, 0.29) is 11.6 Å². The van der Waals surface area contributed by atoms with Gasteiger partial charge in [0.15, 0.2) is 5.69 Å². The molecule has 26 heavy (non-hydrogen) atoms. The van der Waals surface area contributed by atoms with Crippen molar-refractivity contribution in [2.45, 2.75) is 11.4 Å². The Balaban J connectivity index is 1.89. The normalized spacial score (nSPS) is 15.0. The van der Waals surface area contributed by atoms with Gasteiger partial charge in [0.2, 0.25) is 17.3 Å². The number of nitrogens with one attached hydrogen (secondary N) is 1. The van der Waals surface area contributed by atoms with Gasteiger partial charge in [-0.2, -0.15) is 4.98 Å². The highest BCUT2D eigenvalue weighted by Gasteiger charge is 2.29. The molecule has 0 spiro atoms. The van der Waals surface area contributed by atoms with Crippen LogP contribution in [0.1, 0.15) is 11.8 Å². The van der Waals surface area contributed by atoms with Crippen LogP contribution in [-0.4, -0.2) is 26.4 Å². The van der Waals surface area contributed by atoms with Crippen molar-refractivity contribution in [1.82, 2.24) is 15.2 Å². The van der Waals surface area contributed by atoms with Gasteiger partial charge in [0.1, 0.15) is 0 Å². The standard InChI is InChI=1S/C17H13N5O3S/c1-26-17-19-16-14(20-21-17)10-6-2-4-8-12(10)18-15(25-16)11-7-3-5-9-13(11)22(23)24/h2-9,15,18H,1H3/t15-/m0/s1. The van der Waals surface area contributed by atoms with Crippen LogP contribution in [0.5, 0.6) is 5.88 Å². The van der Waals surface area contributed by atoms with Gasteiger partial charge in [-0.15, -0.1) is 10.2 Å². The van der Waals surface area contributed by atoms with Crippen LogP contribution in [-0.2, 0) is 0 Å². The Morgan fingerprint density at radius 1 is 1.15 bits per heavy atom. The van der Waals surface area contributed by atoms with E-state index >= 15 is 0 Å². The number of nitro groups is 1. The van der Waals surface area contributed by atoms with Gasteiger partial charge in [-0.05, 0) is 18.4 Å². The summed E-state index contributed by atoms with van der Waals surface area (Å²) in [7, 11) is 0. The van der Waals surface area contributed by atoms with E-state index in [1.54, 1.807) is 18.2 Å². The third-order valence-corrected chi connectivity index (χ3v) is 4.47. The largest absolute Gasteiger partial charge is 0.447 e. The van der Waals surface area contributed by atoms with Crippen molar-refractivity contribution in [2.24, 2.45) is 0 Å². The monoisotopic (exact) mass is 367 g/mol. The van der Waals surface area contributed by atoms with E-state index in [4.69, 9.17) is 4.74 Å². The van der Waals surface area contributed by atoms with Crippen LogP contribution in [0.3, 0.4) is 0 Å². The minimum absolute atomic E-state index is 0.0296. The lowest BCUT2D eigenvalue weighted by atomic mass is 10.1. The number of fused-ring (bicyclic) bond motifs is 3. The van der Waals surface area contributed by atoms with Gasteiger partial charge in [-0.3, -0.25) is 10.1 Å². The highest BCUT2D eigenvalue weighted by Crippen LogP contribution is 2.40. The number of anilines is 1. The Morgan fingerprint density at radius 2 is 1.92 bits per heavy atom. The first-order chi connectivity index (χ1) is 12.7. The number of benzene rings is 2. The maximum Gasteiger partial charge on any atom is 0.278 e. The third-order valence-electron chi connectivity index (χ3n) is 3.93. The van der Waals surface area contributed by atoms with Crippen molar-refractivity contribution in [1.29, 1.82) is 0 Å². The summed E-state index contributed by atoms with van der Waals surface area (Å²) in [4.78, 5) is 15.4. The fraction of sp³-hybridized carbons (Fsp3) is 0.118. The molecule has 2 aromatic carbocycles. The maximum atomic E-state index is 11.4. The van der Waals surface area contributed by atoms with Crippen LogP contribution in [0.2, 0.25) is 0 Å². The fourth-order valence-corrected chi connectivity index (χ4v) is 3.05. The number of rotatable bonds is 3. The van der Waals surface area contributed by atoms with Crippen molar-refractivity contribution in [3.05, 3.63) is 64.2 Å². The second-order valence-corrected chi connectivity index (χ2v) is 6.23. The summed E-state index contributed by atoms with van der Waals surface area (Å²) in [6.45, 7) is 0. The van der Waals surface area contributed by atoms with E-state index in [2.05, 4.69) is 20.5 Å². The number of aromatic nitrogens is 3. The zero-order valence-electron chi connectivity index (χ0n) is 13.6. The molecule has 0 unspecified atom stereocenters. The number of para-hydroxylation sites is 2. The Kier molecular flexibility index (Phi) is 4.13. The predicted octanol–water partition coefficient (Wildman–Crippen LogP) is 3.67. The molecule has 8 nitrogen and oxygen atoms in total. The molecule has 0 amide bonds. The van der Waals surface area contributed by atoms with Gasteiger partial charge in [-0.25, -0.2) is 0 Å². The Morgan fingerprint density at radius 3 is 2.73 bits per heavy atom. The summed E-state index contributed by atoms with van der Waals surface area (Å²) in [5.74, 6) is 0.282. The van der Waals surface area contributed by atoms with Crippen molar-refractivity contribution >= 4 is 23.1 Å². The lowest BCUT2D eigenvalue weighted by molar-refractivity contribution is -0.386. The highest BCUT2D eigenvalue weighted by atomic mass is 32.2. The van der Waals surface area contributed by atoms with Crippen molar-refractivity contribution in [2.75, 3.05) is 11.6 Å². The summed E-state index contributed by atoms with van der Waals surface area (Å²) in [5, 5.41) is 23.4. The lowest BCUT2D eigenvalue weighted by Crippen LogP contribution is -2.18. The molecule has 0 aliphatic carbocycles. The number of ether oxygens (including phenoxy) is 1. The van der Waals surface area contributed by atoms with Gasteiger partial charge in [0.25, 0.3) is 5.69 Å². The summed E-state index contributed by atoms with van der Waals surface area (Å²) in [6.07, 6.45) is 1.05. The van der Waals surface area contributed by atoms with E-state index < -0.39 is 11.2 Å². The van der Waals surface area contributed by atoms with Gasteiger partial charge in [-0.1, -0.05) is 42.1 Å². The molecular formula is C17H13N5O3S. The van der Waals surface area contributed by atoms with Crippen molar-refractivity contribution in [3.63, 3.8) is 0 Å². The summed E-state index contributed by atoms with van der Waals surface area (Å²) in [6, 6.07) is 13.9. The summed E-state index contributed by atoms with van der Waals surface area (Å²) < 4.78 is 6.02. The molecule has 0 bridgehead atoms. The highest BCUT2D eigenvalue weighted by molar-refractivity contribution is 7.98. The lowest BCUT2D eigenvalue weighted by Gasteiger charge is -2.19. The van der Waals surface area contributed by atoms with E-state index in [0.717, 1.165) is 11.3 Å². The molecule has 3 aromatic rings. The first-order valence-electron chi connectivity index (χ1n) is 7.72. The average molecular weight is 367 g/mol. The molecule has 0 saturated heterocycles.